The molecule has 1 amide bonds. The molecule has 1 unspecified atom stereocenters. The maximum Gasteiger partial charge on any atom is 0.367 e. The van der Waals surface area contributed by atoms with Gasteiger partial charge in [-0.1, -0.05) is 0 Å². The monoisotopic (exact) mass is 249 g/mol. The predicted molar refractivity (Wildman–Crippen MR) is 58.1 cm³/mol. The number of pyridine rings is 1. The second kappa shape index (κ2) is 4.26. The van der Waals surface area contributed by atoms with Crippen LogP contribution in [0.4, 0.5) is 5.69 Å². The van der Waals surface area contributed by atoms with E-state index in [-0.39, 0.29) is 10.9 Å². The summed E-state index contributed by atoms with van der Waals surface area (Å²) in [5, 5.41) is 2.42. The Morgan fingerprint density at radius 1 is 1.67 bits per heavy atom. The van der Waals surface area contributed by atoms with E-state index < -0.39 is 9.43 Å². The molecule has 0 aliphatic rings. The Morgan fingerprint density at radius 3 is 2.67 bits per heavy atom. The summed E-state index contributed by atoms with van der Waals surface area (Å²) in [6.45, 7) is 2.95. The fourth-order valence-electron chi connectivity index (χ4n) is 1.10. The lowest BCUT2D eigenvalue weighted by atomic mass is 10.3. The van der Waals surface area contributed by atoms with Crippen LogP contribution in [0.2, 0.25) is 0 Å². The second-order valence-electron chi connectivity index (χ2n) is 2.99. The standard InChI is InChI=1S/C8H9ClN2O3S/c1-5-3-7(11-6(2)12)4-10-8(5)15(9,13)14/h3-4H,1-2H3,(H-,11,12,13,14)/p+1. The number of carbonyl (C=O) groups excluding carboxylic acids is 1. The lowest BCUT2D eigenvalue weighted by Crippen LogP contribution is -2.09. The first-order valence-corrected chi connectivity index (χ1v) is 6.35. The Bertz CT molecular complexity index is 444. The highest BCUT2D eigenvalue weighted by Gasteiger charge is 2.31. The van der Waals surface area contributed by atoms with Gasteiger partial charge in [-0.3, -0.25) is 4.79 Å². The molecule has 1 heterocycles. The summed E-state index contributed by atoms with van der Waals surface area (Å²) in [5.74, 6) is -0.237. The number of hydrogen-bond donors (Lipinski definition) is 2. The van der Waals surface area contributed by atoms with Gasteiger partial charge in [0.05, 0.1) is 11.9 Å². The van der Waals surface area contributed by atoms with Crippen LogP contribution in [0.1, 0.15) is 12.5 Å². The van der Waals surface area contributed by atoms with Crippen LogP contribution in [0.3, 0.4) is 0 Å². The van der Waals surface area contributed by atoms with E-state index in [4.69, 9.17) is 15.2 Å². The topological polar surface area (TPSA) is 79.3 Å². The summed E-state index contributed by atoms with van der Waals surface area (Å²) < 4.78 is 20.2. The number of hydrogen-bond acceptors (Lipinski definition) is 3. The Labute approximate surface area is 92.6 Å². The summed E-state index contributed by atoms with van der Waals surface area (Å²) in [6, 6.07) is 1.53. The van der Waals surface area contributed by atoms with Crippen LogP contribution < -0.4 is 5.32 Å². The van der Waals surface area contributed by atoms with Gasteiger partial charge in [-0.05, 0) is 17.2 Å². The maximum atomic E-state index is 11.1. The van der Waals surface area contributed by atoms with Gasteiger partial charge in [-0.2, -0.15) is 4.55 Å². The van der Waals surface area contributed by atoms with Gasteiger partial charge in [0.25, 0.3) is 0 Å². The first-order valence-electron chi connectivity index (χ1n) is 4.01. The van der Waals surface area contributed by atoms with Crippen molar-refractivity contribution in [2.45, 2.75) is 18.9 Å². The summed E-state index contributed by atoms with van der Waals surface area (Å²) in [5.41, 5.74) is 0.910. The molecular formula is C8H10ClN2O3S+. The molecule has 0 fully saturated rings. The van der Waals surface area contributed by atoms with E-state index in [1.807, 2.05) is 0 Å². The Balaban J connectivity index is 3.09. The van der Waals surface area contributed by atoms with Gasteiger partial charge in [-0.25, -0.2) is 4.98 Å². The summed E-state index contributed by atoms with van der Waals surface area (Å²) in [7, 11) is 1.68. The number of amides is 1. The van der Waals surface area contributed by atoms with E-state index in [0.717, 1.165) is 0 Å². The molecule has 0 radical (unpaired) electrons. The van der Waals surface area contributed by atoms with Crippen molar-refractivity contribution in [2.75, 3.05) is 5.32 Å². The lowest BCUT2D eigenvalue weighted by molar-refractivity contribution is -0.114. The first-order chi connectivity index (χ1) is 6.80. The third-order valence-electron chi connectivity index (χ3n) is 1.59. The summed E-state index contributed by atoms with van der Waals surface area (Å²) in [6.07, 6.45) is 1.28. The zero-order valence-corrected chi connectivity index (χ0v) is 9.72. The highest BCUT2D eigenvalue weighted by molar-refractivity contribution is 8.19. The average Bonchev–Trinajstić information content (AvgIpc) is 1.99. The van der Waals surface area contributed by atoms with Gasteiger partial charge in [-0.15, -0.1) is 0 Å². The Kier molecular flexibility index (Phi) is 3.43. The molecule has 2 N–H and O–H groups in total. The van der Waals surface area contributed by atoms with Crippen LogP contribution in [0, 0.1) is 6.92 Å². The highest BCUT2D eigenvalue weighted by Crippen LogP contribution is 2.23. The third-order valence-corrected chi connectivity index (χ3v) is 2.93. The molecular weight excluding hydrogens is 240 g/mol. The molecule has 0 spiro atoms. The SMILES string of the molecule is CC(=O)Nc1cnc([S+](=O)(O)Cl)c(C)c1. The van der Waals surface area contributed by atoms with Gasteiger partial charge < -0.3 is 5.32 Å². The molecule has 0 bridgehead atoms. The molecule has 1 aromatic rings. The number of aryl methyl sites for hydroxylation is 1. The minimum absolute atomic E-state index is 0.0849. The highest BCUT2D eigenvalue weighted by atomic mass is 35.7. The van der Waals surface area contributed by atoms with Crippen molar-refractivity contribution >= 4 is 31.7 Å². The summed E-state index contributed by atoms with van der Waals surface area (Å²) in [4.78, 5) is 14.5. The van der Waals surface area contributed by atoms with Crippen molar-refractivity contribution in [1.82, 2.24) is 4.98 Å². The minimum Gasteiger partial charge on any atom is -0.325 e. The quantitative estimate of drug-likeness (QED) is 0.619. The van der Waals surface area contributed by atoms with Gasteiger partial charge in [0.1, 0.15) is 0 Å². The van der Waals surface area contributed by atoms with Crippen LogP contribution in [-0.4, -0.2) is 15.4 Å². The largest absolute Gasteiger partial charge is 0.367 e. The zero-order valence-electron chi connectivity index (χ0n) is 8.15. The fourth-order valence-corrected chi connectivity index (χ4v) is 2.22. The van der Waals surface area contributed by atoms with Crippen molar-refractivity contribution in [1.29, 1.82) is 0 Å². The molecule has 5 nitrogen and oxygen atoms in total. The molecule has 0 aromatic carbocycles. The average molecular weight is 250 g/mol. The van der Waals surface area contributed by atoms with Crippen molar-refractivity contribution in [3.05, 3.63) is 17.8 Å². The molecule has 1 rings (SSSR count). The summed E-state index contributed by atoms with van der Waals surface area (Å²) >= 11 is 0. The van der Waals surface area contributed by atoms with Gasteiger partial charge >= 0.3 is 14.5 Å². The maximum absolute atomic E-state index is 11.1. The molecule has 82 valence electrons. The van der Waals surface area contributed by atoms with Crippen LogP contribution in [0.5, 0.6) is 0 Å². The first kappa shape index (κ1) is 12.1. The van der Waals surface area contributed by atoms with E-state index in [1.54, 1.807) is 6.92 Å². The van der Waals surface area contributed by atoms with E-state index in [9.17, 15) is 9.00 Å². The molecule has 0 saturated carbocycles. The molecule has 7 heteroatoms. The number of nitrogens with one attached hydrogen (secondary N) is 1. The number of halogens is 1. The molecule has 1 atom stereocenters. The number of anilines is 1. The van der Waals surface area contributed by atoms with Crippen LogP contribution in [-0.2, 0) is 18.4 Å². The van der Waals surface area contributed by atoms with E-state index >= 15 is 0 Å². The van der Waals surface area contributed by atoms with Crippen molar-refractivity contribution in [2.24, 2.45) is 0 Å². The van der Waals surface area contributed by atoms with Crippen molar-refractivity contribution in [3.63, 3.8) is 0 Å². The predicted octanol–water partition coefficient (Wildman–Crippen LogP) is 1.83. The molecule has 1 aromatic heterocycles. The van der Waals surface area contributed by atoms with Crippen LogP contribution in [0.25, 0.3) is 0 Å². The third kappa shape index (κ3) is 3.26. The van der Waals surface area contributed by atoms with Crippen LogP contribution >= 0.6 is 10.7 Å². The Morgan fingerprint density at radius 2 is 2.27 bits per heavy atom. The number of carbonyl (C=O) groups is 1. The normalized spacial score (nSPS) is 14.4. The van der Waals surface area contributed by atoms with Crippen molar-refractivity contribution < 1.29 is 13.6 Å². The van der Waals surface area contributed by atoms with E-state index in [0.29, 0.717) is 11.3 Å². The fraction of sp³-hybridized carbons (Fsp3) is 0.250. The zero-order chi connectivity index (χ0) is 11.6. The van der Waals surface area contributed by atoms with E-state index in [2.05, 4.69) is 10.3 Å². The number of rotatable bonds is 2. The van der Waals surface area contributed by atoms with E-state index in [1.165, 1.54) is 19.2 Å². The smallest absolute Gasteiger partial charge is 0.325 e. The number of aromatic nitrogens is 1. The molecule has 0 saturated heterocycles. The van der Waals surface area contributed by atoms with Gasteiger partial charge in [0.2, 0.25) is 16.6 Å². The van der Waals surface area contributed by atoms with Gasteiger partial charge in [0.15, 0.2) is 0 Å². The Hall–Kier alpha value is -0.980. The van der Waals surface area contributed by atoms with Crippen molar-refractivity contribution in [3.8, 4) is 0 Å². The minimum atomic E-state index is -3.58. The molecule has 0 aliphatic carbocycles. The number of nitrogens with zero attached hydrogens (tertiary/aromatic N) is 1. The second-order valence-corrected chi connectivity index (χ2v) is 5.54. The van der Waals surface area contributed by atoms with Crippen LogP contribution in [0.15, 0.2) is 17.3 Å². The molecule has 0 aliphatic heterocycles. The molecule has 15 heavy (non-hydrogen) atoms. The van der Waals surface area contributed by atoms with Gasteiger partial charge in [0, 0.05) is 12.5 Å². The lowest BCUT2D eigenvalue weighted by Gasteiger charge is -2.03.